The van der Waals surface area contributed by atoms with Crippen LogP contribution in [-0.2, 0) is 27.4 Å². The highest BCUT2D eigenvalue weighted by Gasteiger charge is 2.26. The van der Waals surface area contributed by atoms with E-state index < -0.39 is 0 Å². The van der Waals surface area contributed by atoms with Gasteiger partial charge in [0.1, 0.15) is 5.82 Å². The molecule has 0 radical (unpaired) electrons. The van der Waals surface area contributed by atoms with Crippen LogP contribution in [0.4, 0.5) is 4.39 Å². The second-order valence-corrected chi connectivity index (χ2v) is 7.87. The molecule has 3 rings (SSSR count). The highest BCUT2D eigenvalue weighted by Crippen LogP contribution is 2.25. The number of hydrogen-bond acceptors (Lipinski definition) is 3. The molecule has 0 bridgehead atoms. The Morgan fingerprint density at radius 2 is 1.83 bits per heavy atom. The fraction of sp³-hybridized carbons (Fsp3) is 0.500. The highest BCUT2D eigenvalue weighted by atomic mass is 19.1. The number of aromatic nitrogens is 1. The molecule has 1 aromatic carbocycles. The standard InChI is InChI=1S/C24H31FN2O3/c1-2-30-24(29)15-14-23(28)27(21-7-4-3-5-8-21)18-22-9-6-16-26(22)17-19-10-12-20(25)13-11-19/h6,9-13,16,21H,2-5,7-8,14-15,17-18H2,1H3. The van der Waals surface area contributed by atoms with E-state index in [4.69, 9.17) is 4.74 Å². The van der Waals surface area contributed by atoms with E-state index in [2.05, 4.69) is 4.57 Å². The van der Waals surface area contributed by atoms with Gasteiger partial charge in [-0.05, 0) is 49.6 Å². The maximum Gasteiger partial charge on any atom is 0.306 e. The zero-order valence-corrected chi connectivity index (χ0v) is 17.7. The number of esters is 1. The normalized spacial score (nSPS) is 14.5. The Kier molecular flexibility index (Phi) is 8.05. The lowest BCUT2D eigenvalue weighted by Crippen LogP contribution is -2.41. The molecule has 1 amide bonds. The van der Waals surface area contributed by atoms with Crippen LogP contribution in [0.3, 0.4) is 0 Å². The van der Waals surface area contributed by atoms with Crippen LogP contribution in [0.15, 0.2) is 42.6 Å². The molecule has 1 heterocycles. The van der Waals surface area contributed by atoms with Crippen LogP contribution in [-0.4, -0.2) is 34.0 Å². The van der Waals surface area contributed by atoms with Crippen molar-refractivity contribution in [3.05, 3.63) is 59.7 Å². The molecule has 1 saturated carbocycles. The third-order valence-corrected chi connectivity index (χ3v) is 5.71. The summed E-state index contributed by atoms with van der Waals surface area (Å²) in [7, 11) is 0. The number of nitrogens with zero attached hydrogens (tertiary/aromatic N) is 2. The minimum atomic E-state index is -0.325. The van der Waals surface area contributed by atoms with Crippen molar-refractivity contribution in [3.63, 3.8) is 0 Å². The van der Waals surface area contributed by atoms with E-state index in [1.807, 2.05) is 23.2 Å². The topological polar surface area (TPSA) is 51.5 Å². The van der Waals surface area contributed by atoms with Gasteiger partial charge in [-0.3, -0.25) is 9.59 Å². The highest BCUT2D eigenvalue weighted by molar-refractivity contribution is 5.81. The van der Waals surface area contributed by atoms with E-state index in [1.54, 1.807) is 19.1 Å². The molecular formula is C24H31FN2O3. The molecular weight excluding hydrogens is 383 g/mol. The number of rotatable bonds is 9. The smallest absolute Gasteiger partial charge is 0.306 e. The molecule has 0 aliphatic heterocycles. The molecule has 0 N–H and O–H groups in total. The molecule has 0 atom stereocenters. The van der Waals surface area contributed by atoms with Crippen molar-refractivity contribution in [1.29, 1.82) is 0 Å². The van der Waals surface area contributed by atoms with Crippen LogP contribution < -0.4 is 0 Å². The second-order valence-electron chi connectivity index (χ2n) is 7.87. The van der Waals surface area contributed by atoms with Crippen LogP contribution >= 0.6 is 0 Å². The molecule has 2 aromatic rings. The number of halogens is 1. The quantitative estimate of drug-likeness (QED) is 0.560. The van der Waals surface area contributed by atoms with E-state index in [0.717, 1.165) is 36.9 Å². The lowest BCUT2D eigenvalue weighted by Gasteiger charge is -2.35. The zero-order valence-electron chi connectivity index (χ0n) is 17.7. The number of carbonyl (C=O) groups is 2. The Morgan fingerprint density at radius 1 is 1.10 bits per heavy atom. The van der Waals surface area contributed by atoms with Gasteiger partial charge in [-0.25, -0.2) is 4.39 Å². The second kappa shape index (κ2) is 11.0. The SMILES string of the molecule is CCOC(=O)CCC(=O)N(Cc1cccn1Cc1ccc(F)cc1)C1CCCCC1. The predicted octanol–water partition coefficient (Wildman–Crippen LogP) is 4.68. The van der Waals surface area contributed by atoms with Crippen molar-refractivity contribution in [3.8, 4) is 0 Å². The van der Waals surface area contributed by atoms with E-state index in [1.165, 1.54) is 18.6 Å². The first-order valence-electron chi connectivity index (χ1n) is 10.9. The summed E-state index contributed by atoms with van der Waals surface area (Å²) < 4.78 is 20.3. The number of benzene rings is 1. The first kappa shape index (κ1) is 22.1. The molecule has 0 spiro atoms. The van der Waals surface area contributed by atoms with Crippen molar-refractivity contribution < 1.29 is 18.7 Å². The summed E-state index contributed by atoms with van der Waals surface area (Å²) in [5.41, 5.74) is 2.04. The Hall–Kier alpha value is -2.63. The maximum absolute atomic E-state index is 13.2. The summed E-state index contributed by atoms with van der Waals surface area (Å²) in [6, 6.07) is 10.7. The summed E-state index contributed by atoms with van der Waals surface area (Å²) in [5.74, 6) is -0.569. The summed E-state index contributed by atoms with van der Waals surface area (Å²) in [4.78, 5) is 26.7. The van der Waals surface area contributed by atoms with Gasteiger partial charge in [-0.15, -0.1) is 0 Å². The Balaban J connectivity index is 1.71. The molecule has 0 saturated heterocycles. The van der Waals surface area contributed by atoms with Crippen molar-refractivity contribution in [2.24, 2.45) is 0 Å². The van der Waals surface area contributed by atoms with Gasteiger partial charge in [-0.1, -0.05) is 31.4 Å². The first-order valence-corrected chi connectivity index (χ1v) is 10.9. The van der Waals surface area contributed by atoms with E-state index in [0.29, 0.717) is 19.7 Å². The fourth-order valence-corrected chi connectivity index (χ4v) is 4.11. The third-order valence-electron chi connectivity index (χ3n) is 5.71. The molecule has 6 heteroatoms. The van der Waals surface area contributed by atoms with Crippen LogP contribution in [0.2, 0.25) is 0 Å². The molecule has 1 aromatic heterocycles. The van der Waals surface area contributed by atoms with Crippen molar-refractivity contribution in [1.82, 2.24) is 9.47 Å². The van der Waals surface area contributed by atoms with Crippen LogP contribution in [0, 0.1) is 5.82 Å². The Labute approximate surface area is 177 Å². The van der Waals surface area contributed by atoms with E-state index >= 15 is 0 Å². The van der Waals surface area contributed by atoms with Crippen molar-refractivity contribution in [2.45, 2.75) is 71.0 Å². The molecule has 1 fully saturated rings. The predicted molar refractivity (Wildman–Crippen MR) is 113 cm³/mol. The average molecular weight is 415 g/mol. The molecule has 0 unspecified atom stereocenters. The van der Waals surface area contributed by atoms with Gasteiger partial charge in [0.15, 0.2) is 0 Å². The van der Waals surface area contributed by atoms with E-state index in [9.17, 15) is 14.0 Å². The number of ether oxygens (including phenoxy) is 1. The first-order chi connectivity index (χ1) is 14.6. The van der Waals surface area contributed by atoms with Gasteiger partial charge in [-0.2, -0.15) is 0 Å². The summed E-state index contributed by atoms with van der Waals surface area (Å²) >= 11 is 0. The molecule has 162 valence electrons. The zero-order chi connectivity index (χ0) is 21.3. The number of carbonyl (C=O) groups excluding carboxylic acids is 2. The van der Waals surface area contributed by atoms with Gasteiger partial charge in [0.05, 0.1) is 19.6 Å². The third kappa shape index (κ3) is 6.18. The summed E-state index contributed by atoms with van der Waals surface area (Å²) in [5, 5.41) is 0. The monoisotopic (exact) mass is 414 g/mol. The molecule has 5 nitrogen and oxygen atoms in total. The van der Waals surface area contributed by atoms with E-state index in [-0.39, 0.29) is 36.6 Å². The number of amides is 1. The maximum atomic E-state index is 13.2. The van der Waals surface area contributed by atoms with Gasteiger partial charge >= 0.3 is 5.97 Å². The number of hydrogen-bond donors (Lipinski definition) is 0. The molecule has 1 aliphatic rings. The lowest BCUT2D eigenvalue weighted by molar-refractivity contribution is -0.146. The van der Waals surface area contributed by atoms with Gasteiger partial charge < -0.3 is 14.2 Å². The lowest BCUT2D eigenvalue weighted by atomic mass is 9.93. The summed E-state index contributed by atoms with van der Waals surface area (Å²) in [6.45, 7) is 3.23. The minimum Gasteiger partial charge on any atom is -0.466 e. The van der Waals surface area contributed by atoms with Gasteiger partial charge in [0.25, 0.3) is 0 Å². The Morgan fingerprint density at radius 3 is 2.53 bits per heavy atom. The van der Waals surface area contributed by atoms with Crippen molar-refractivity contribution in [2.75, 3.05) is 6.61 Å². The Bertz CT molecular complexity index is 825. The van der Waals surface area contributed by atoms with Crippen LogP contribution in [0.5, 0.6) is 0 Å². The summed E-state index contributed by atoms with van der Waals surface area (Å²) in [6.07, 6.45) is 7.75. The molecule has 1 aliphatic carbocycles. The minimum absolute atomic E-state index is 0.00415. The average Bonchev–Trinajstić information content (AvgIpc) is 3.19. The largest absolute Gasteiger partial charge is 0.466 e. The fourth-order valence-electron chi connectivity index (χ4n) is 4.11. The van der Waals surface area contributed by atoms with Crippen LogP contribution in [0.25, 0.3) is 0 Å². The van der Waals surface area contributed by atoms with Crippen LogP contribution in [0.1, 0.15) is 63.1 Å². The van der Waals surface area contributed by atoms with Gasteiger partial charge in [0, 0.05) is 30.9 Å². The van der Waals surface area contributed by atoms with Gasteiger partial charge in [0.2, 0.25) is 5.91 Å². The molecule has 30 heavy (non-hydrogen) atoms. The van der Waals surface area contributed by atoms with Crippen molar-refractivity contribution >= 4 is 11.9 Å².